The third-order valence-corrected chi connectivity index (χ3v) is 3.41. The highest BCUT2D eigenvalue weighted by Crippen LogP contribution is 2.37. The molecule has 2 nitrogen and oxygen atoms in total. The Morgan fingerprint density at radius 1 is 0.950 bits per heavy atom. The second-order valence-electron chi connectivity index (χ2n) is 4.23. The summed E-state index contributed by atoms with van der Waals surface area (Å²) in [5.41, 5.74) is -0.202. The van der Waals surface area contributed by atoms with E-state index in [-0.39, 0.29) is 11.1 Å². The lowest BCUT2D eigenvalue weighted by molar-refractivity contribution is -0.137. The van der Waals surface area contributed by atoms with Gasteiger partial charge in [0.15, 0.2) is 0 Å². The van der Waals surface area contributed by atoms with E-state index in [2.05, 4.69) is 0 Å². The molecular formula is C14H11F3O2S. The standard InChI is InChI=1S/C14H11F3O2S/c15-14(16,17)13-8-10(9-20(18)19)6-7-12(13)11-4-2-1-3-5-11/h1-8,20H,9H2. The average molecular weight is 300 g/mol. The van der Waals surface area contributed by atoms with Crippen molar-refractivity contribution in [1.29, 1.82) is 0 Å². The van der Waals surface area contributed by atoms with Crippen molar-refractivity contribution in [2.45, 2.75) is 11.9 Å². The molecule has 0 aliphatic carbocycles. The number of hydrogen-bond acceptors (Lipinski definition) is 2. The summed E-state index contributed by atoms with van der Waals surface area (Å²) in [5.74, 6) is -0.395. The number of halogens is 3. The Morgan fingerprint density at radius 2 is 1.60 bits per heavy atom. The van der Waals surface area contributed by atoms with E-state index < -0.39 is 28.2 Å². The molecule has 0 fully saturated rings. The molecule has 0 aliphatic heterocycles. The quantitative estimate of drug-likeness (QED) is 0.881. The fourth-order valence-electron chi connectivity index (χ4n) is 1.94. The van der Waals surface area contributed by atoms with Crippen LogP contribution in [0.2, 0.25) is 0 Å². The fraction of sp³-hybridized carbons (Fsp3) is 0.143. The molecule has 0 spiro atoms. The SMILES string of the molecule is O=[SH](=O)Cc1ccc(-c2ccccc2)c(C(F)(F)F)c1. The summed E-state index contributed by atoms with van der Waals surface area (Å²) in [5, 5.41) is 0. The summed E-state index contributed by atoms with van der Waals surface area (Å²) in [4.78, 5) is 0. The third-order valence-electron chi connectivity index (χ3n) is 2.79. The van der Waals surface area contributed by atoms with Gasteiger partial charge in [0.2, 0.25) is 0 Å². The van der Waals surface area contributed by atoms with Crippen LogP contribution in [0.3, 0.4) is 0 Å². The maximum atomic E-state index is 13.1. The van der Waals surface area contributed by atoms with E-state index >= 15 is 0 Å². The van der Waals surface area contributed by atoms with Crippen LogP contribution in [-0.4, -0.2) is 8.42 Å². The van der Waals surface area contributed by atoms with Crippen LogP contribution in [-0.2, 0) is 22.6 Å². The molecule has 6 heteroatoms. The first kappa shape index (κ1) is 14.6. The Labute approximate surface area is 115 Å². The number of hydrogen-bond donors (Lipinski definition) is 1. The molecule has 0 amide bonds. The number of benzene rings is 2. The van der Waals surface area contributed by atoms with E-state index in [0.29, 0.717) is 5.56 Å². The van der Waals surface area contributed by atoms with Crippen LogP contribution in [0.1, 0.15) is 11.1 Å². The molecule has 0 atom stereocenters. The highest BCUT2D eigenvalue weighted by molar-refractivity contribution is 7.71. The summed E-state index contributed by atoms with van der Waals surface area (Å²) in [6.45, 7) is 0. The van der Waals surface area contributed by atoms with E-state index in [1.54, 1.807) is 30.3 Å². The van der Waals surface area contributed by atoms with Crippen LogP contribution in [0.25, 0.3) is 11.1 Å². The second-order valence-corrected chi connectivity index (χ2v) is 5.22. The van der Waals surface area contributed by atoms with Crippen molar-refractivity contribution < 1.29 is 21.6 Å². The minimum absolute atomic E-state index is 0.0444. The number of alkyl halides is 3. The Kier molecular flexibility index (Phi) is 4.13. The zero-order chi connectivity index (χ0) is 14.8. The summed E-state index contributed by atoms with van der Waals surface area (Å²) >= 11 is 0. The lowest BCUT2D eigenvalue weighted by atomic mass is 9.97. The van der Waals surface area contributed by atoms with Gasteiger partial charge in [-0.05, 0) is 22.8 Å². The Hall–Kier alpha value is -1.82. The number of thiol groups is 1. The molecule has 0 N–H and O–H groups in total. The van der Waals surface area contributed by atoms with Crippen LogP contribution < -0.4 is 0 Å². The zero-order valence-corrected chi connectivity index (χ0v) is 11.1. The maximum Gasteiger partial charge on any atom is 0.417 e. The Bertz CT molecular complexity index is 669. The normalized spacial score (nSPS) is 11.8. The first-order valence-electron chi connectivity index (χ1n) is 5.75. The van der Waals surface area contributed by atoms with Gasteiger partial charge < -0.3 is 0 Å². The molecule has 0 aliphatic rings. The van der Waals surface area contributed by atoms with Crippen molar-refractivity contribution in [3.05, 3.63) is 59.7 Å². The van der Waals surface area contributed by atoms with E-state index in [4.69, 9.17) is 0 Å². The molecule has 2 rings (SSSR count). The van der Waals surface area contributed by atoms with Gasteiger partial charge >= 0.3 is 6.18 Å². The predicted molar refractivity (Wildman–Crippen MR) is 70.9 cm³/mol. The highest BCUT2D eigenvalue weighted by atomic mass is 32.2. The third kappa shape index (κ3) is 3.39. The Balaban J connectivity index is 2.58. The number of rotatable bonds is 3. The maximum absolute atomic E-state index is 13.1. The highest BCUT2D eigenvalue weighted by Gasteiger charge is 2.33. The van der Waals surface area contributed by atoms with Gasteiger partial charge in [0.1, 0.15) is 10.7 Å². The van der Waals surface area contributed by atoms with E-state index in [1.165, 1.54) is 12.1 Å². The molecule has 0 heterocycles. The minimum Gasteiger partial charge on any atom is -0.232 e. The topological polar surface area (TPSA) is 34.1 Å². The Morgan fingerprint density at radius 3 is 2.15 bits per heavy atom. The van der Waals surface area contributed by atoms with Crippen LogP contribution >= 0.6 is 0 Å². The van der Waals surface area contributed by atoms with Gasteiger partial charge in [0.25, 0.3) is 0 Å². The van der Waals surface area contributed by atoms with Gasteiger partial charge in [-0.1, -0.05) is 42.5 Å². The first-order chi connectivity index (χ1) is 9.38. The molecule has 0 bridgehead atoms. The van der Waals surface area contributed by atoms with Crippen LogP contribution in [0.4, 0.5) is 13.2 Å². The average Bonchev–Trinajstić information content (AvgIpc) is 2.38. The van der Waals surface area contributed by atoms with Crippen LogP contribution in [0.15, 0.2) is 48.5 Å². The zero-order valence-electron chi connectivity index (χ0n) is 10.2. The molecule has 106 valence electrons. The van der Waals surface area contributed by atoms with Crippen molar-refractivity contribution in [3.8, 4) is 11.1 Å². The van der Waals surface area contributed by atoms with Crippen molar-refractivity contribution in [1.82, 2.24) is 0 Å². The van der Waals surface area contributed by atoms with Crippen molar-refractivity contribution in [3.63, 3.8) is 0 Å². The summed E-state index contributed by atoms with van der Waals surface area (Å²) in [7, 11) is -2.76. The van der Waals surface area contributed by atoms with Gasteiger partial charge in [0, 0.05) is 0 Å². The molecule has 0 radical (unpaired) electrons. The van der Waals surface area contributed by atoms with Gasteiger partial charge in [-0.2, -0.15) is 13.2 Å². The van der Waals surface area contributed by atoms with Gasteiger partial charge in [-0.15, -0.1) is 0 Å². The van der Waals surface area contributed by atoms with Crippen molar-refractivity contribution in [2.24, 2.45) is 0 Å². The summed E-state index contributed by atoms with van der Waals surface area (Å²) < 4.78 is 60.6. The summed E-state index contributed by atoms with van der Waals surface area (Å²) in [6.07, 6.45) is -4.53. The minimum atomic E-state index is -4.53. The largest absolute Gasteiger partial charge is 0.417 e. The summed E-state index contributed by atoms with van der Waals surface area (Å²) in [6, 6.07) is 11.8. The molecule has 2 aromatic carbocycles. The van der Waals surface area contributed by atoms with Gasteiger partial charge in [-0.3, -0.25) is 0 Å². The molecule has 0 saturated heterocycles. The molecular weight excluding hydrogens is 289 g/mol. The van der Waals surface area contributed by atoms with E-state index in [9.17, 15) is 21.6 Å². The van der Waals surface area contributed by atoms with E-state index in [0.717, 1.165) is 6.07 Å². The van der Waals surface area contributed by atoms with Crippen molar-refractivity contribution >= 4 is 10.7 Å². The molecule has 0 saturated carbocycles. The van der Waals surface area contributed by atoms with Crippen LogP contribution in [0, 0.1) is 0 Å². The molecule has 0 unspecified atom stereocenters. The molecule has 20 heavy (non-hydrogen) atoms. The smallest absolute Gasteiger partial charge is 0.232 e. The lowest BCUT2D eigenvalue weighted by Gasteiger charge is -2.14. The second kappa shape index (κ2) is 5.66. The van der Waals surface area contributed by atoms with E-state index in [1.807, 2.05) is 0 Å². The molecule has 2 aromatic rings. The monoisotopic (exact) mass is 300 g/mol. The fourth-order valence-corrected chi connectivity index (χ4v) is 2.44. The van der Waals surface area contributed by atoms with Crippen LogP contribution in [0.5, 0.6) is 0 Å². The van der Waals surface area contributed by atoms with Gasteiger partial charge in [-0.25, -0.2) is 8.42 Å². The molecule has 0 aromatic heterocycles. The first-order valence-corrected chi connectivity index (χ1v) is 7.11. The van der Waals surface area contributed by atoms with Gasteiger partial charge in [0.05, 0.1) is 11.3 Å². The predicted octanol–water partition coefficient (Wildman–Crippen LogP) is 3.48. The van der Waals surface area contributed by atoms with Crippen molar-refractivity contribution in [2.75, 3.05) is 0 Å². The lowest BCUT2D eigenvalue weighted by Crippen LogP contribution is -2.08.